The Morgan fingerprint density at radius 3 is 2.60 bits per heavy atom. The van der Waals surface area contributed by atoms with Gasteiger partial charge in [-0.25, -0.2) is 4.98 Å². The van der Waals surface area contributed by atoms with Crippen LogP contribution in [-0.4, -0.2) is 9.55 Å². The molecule has 0 saturated heterocycles. The van der Waals surface area contributed by atoms with Gasteiger partial charge in [-0.15, -0.1) is 0 Å². The van der Waals surface area contributed by atoms with E-state index in [1.54, 1.807) is 18.4 Å². The predicted octanol–water partition coefficient (Wildman–Crippen LogP) is 2.57. The maximum absolute atomic E-state index is 11.3. The van der Waals surface area contributed by atoms with Gasteiger partial charge in [-0.05, 0) is 12.2 Å². The third-order valence-electron chi connectivity index (χ3n) is 1.46. The van der Waals surface area contributed by atoms with Crippen molar-refractivity contribution in [3.63, 3.8) is 0 Å². The van der Waals surface area contributed by atoms with E-state index < -0.39 is 0 Å². The molecule has 0 spiro atoms. The van der Waals surface area contributed by atoms with Crippen molar-refractivity contribution in [3.05, 3.63) is 53.8 Å². The van der Waals surface area contributed by atoms with Gasteiger partial charge in [-0.3, -0.25) is 9.36 Å². The van der Waals surface area contributed by atoms with Crippen molar-refractivity contribution >= 4 is 12.3 Å². The Bertz CT molecular complexity index is 402. The number of hydrogen-bond acceptors (Lipinski definition) is 2. The van der Waals surface area contributed by atoms with Crippen LogP contribution >= 0.6 is 0 Å². The molecule has 0 aliphatic heterocycles. The van der Waals surface area contributed by atoms with E-state index in [1.165, 1.54) is 22.9 Å². The van der Waals surface area contributed by atoms with Gasteiger partial charge >= 0.3 is 0 Å². The molecule has 0 unspecified atom stereocenters. The van der Waals surface area contributed by atoms with Crippen molar-refractivity contribution in [1.82, 2.24) is 9.55 Å². The molecule has 1 heterocycles. The highest BCUT2D eigenvalue weighted by atomic mass is 16.1. The van der Waals surface area contributed by atoms with Gasteiger partial charge in [0, 0.05) is 18.5 Å². The summed E-state index contributed by atoms with van der Waals surface area (Å²) in [6, 6.07) is 1.39. The molecule has 0 aromatic carbocycles. The number of aromatic nitrogens is 2. The largest absolute Gasteiger partial charge is 0.269 e. The van der Waals surface area contributed by atoms with E-state index in [0.29, 0.717) is 5.82 Å². The van der Waals surface area contributed by atoms with E-state index in [9.17, 15) is 4.79 Å². The lowest BCUT2D eigenvalue weighted by Gasteiger charge is -2.00. The van der Waals surface area contributed by atoms with Gasteiger partial charge < -0.3 is 0 Å². The summed E-state index contributed by atoms with van der Waals surface area (Å²) in [5, 5.41) is 0. The second kappa shape index (κ2) is 7.50. The maximum atomic E-state index is 11.3. The van der Waals surface area contributed by atoms with E-state index in [-0.39, 0.29) is 5.56 Å². The molecule has 0 aliphatic carbocycles. The molecule has 0 aliphatic rings. The highest BCUT2D eigenvalue weighted by Gasteiger charge is 1.95. The summed E-state index contributed by atoms with van der Waals surface area (Å²) in [5.41, 5.74) is -0.136. The summed E-state index contributed by atoms with van der Waals surface area (Å²) in [6.45, 7) is 11.1. The molecular weight excluding hydrogens is 188 g/mol. The smallest absolute Gasteiger partial charge is 0.257 e. The zero-order valence-corrected chi connectivity index (χ0v) is 9.18. The van der Waals surface area contributed by atoms with Crippen LogP contribution in [-0.2, 0) is 0 Å². The van der Waals surface area contributed by atoms with Gasteiger partial charge in [0.2, 0.25) is 0 Å². The first-order valence-electron chi connectivity index (χ1n) is 4.79. The van der Waals surface area contributed by atoms with Gasteiger partial charge in [0.25, 0.3) is 5.56 Å². The molecule has 3 nitrogen and oxygen atoms in total. The summed E-state index contributed by atoms with van der Waals surface area (Å²) >= 11 is 0. The Hall–Kier alpha value is -1.90. The third kappa shape index (κ3) is 3.77. The first kappa shape index (κ1) is 13.1. The number of allylic oxidation sites excluding steroid dienone is 2. The van der Waals surface area contributed by atoms with Gasteiger partial charge in [0.15, 0.2) is 0 Å². The number of hydrogen-bond donors (Lipinski definition) is 0. The van der Waals surface area contributed by atoms with Crippen LogP contribution in [0.2, 0.25) is 0 Å². The highest BCUT2D eigenvalue weighted by Crippen LogP contribution is 1.93. The van der Waals surface area contributed by atoms with Crippen LogP contribution in [0.3, 0.4) is 0 Å². The lowest BCUT2D eigenvalue weighted by Crippen LogP contribution is -2.17. The summed E-state index contributed by atoms with van der Waals surface area (Å²) in [4.78, 5) is 15.3. The summed E-state index contributed by atoms with van der Waals surface area (Å²) < 4.78 is 1.40. The Morgan fingerprint density at radius 1 is 1.40 bits per heavy atom. The highest BCUT2D eigenvalue weighted by molar-refractivity contribution is 5.42. The van der Waals surface area contributed by atoms with Gasteiger partial charge in [-0.1, -0.05) is 33.1 Å². The number of rotatable bonds is 3. The fourth-order valence-electron chi connectivity index (χ4n) is 0.881. The monoisotopic (exact) mass is 204 g/mol. The van der Waals surface area contributed by atoms with Crippen molar-refractivity contribution < 1.29 is 0 Å². The zero-order chi connectivity index (χ0) is 11.7. The van der Waals surface area contributed by atoms with Crippen LogP contribution in [0.1, 0.15) is 19.7 Å². The van der Waals surface area contributed by atoms with Gasteiger partial charge in [0.05, 0.1) is 0 Å². The average Bonchev–Trinajstić information content (AvgIpc) is 2.30. The molecule has 0 saturated carbocycles. The molecule has 0 bridgehead atoms. The lowest BCUT2D eigenvalue weighted by molar-refractivity contribution is 0.966. The van der Waals surface area contributed by atoms with Crippen LogP contribution < -0.4 is 5.56 Å². The van der Waals surface area contributed by atoms with Crippen LogP contribution in [0, 0.1) is 0 Å². The molecule has 0 N–H and O–H groups in total. The molecule has 0 amide bonds. The van der Waals surface area contributed by atoms with Crippen molar-refractivity contribution in [1.29, 1.82) is 0 Å². The average molecular weight is 204 g/mol. The molecule has 80 valence electrons. The molecule has 1 rings (SSSR count). The van der Waals surface area contributed by atoms with E-state index in [1.807, 2.05) is 13.8 Å². The molecule has 3 heteroatoms. The van der Waals surface area contributed by atoms with Crippen molar-refractivity contribution in [2.45, 2.75) is 13.8 Å². The second-order valence-electron chi connectivity index (χ2n) is 2.29. The minimum Gasteiger partial charge on any atom is -0.269 e. The summed E-state index contributed by atoms with van der Waals surface area (Å²) in [7, 11) is 0. The van der Waals surface area contributed by atoms with E-state index >= 15 is 0 Å². The van der Waals surface area contributed by atoms with Gasteiger partial charge in [-0.2, -0.15) is 0 Å². The van der Waals surface area contributed by atoms with Gasteiger partial charge in [0.1, 0.15) is 5.82 Å². The third-order valence-corrected chi connectivity index (χ3v) is 1.46. The topological polar surface area (TPSA) is 34.9 Å². The Kier molecular flexibility index (Phi) is 6.55. The van der Waals surface area contributed by atoms with Crippen molar-refractivity contribution in [2.24, 2.45) is 0 Å². The Balaban J connectivity index is 0.000000921. The molecule has 0 fully saturated rings. The predicted molar refractivity (Wildman–Crippen MR) is 65.5 cm³/mol. The summed E-state index contributed by atoms with van der Waals surface area (Å²) in [5.74, 6) is 0.519. The molecule has 15 heavy (non-hydrogen) atoms. The normalized spacial score (nSPS) is 9.20. The first-order chi connectivity index (χ1) is 7.29. The molecule has 1 aromatic heterocycles. The standard InChI is InChI=1S/C10H10N2O.C2H6/c1-3-5-8-12-9(4-2)11-7-6-10(12)13;1-2/h3-8H,1-2H2;1-2H3/b8-5-;. The molecular formula is C12H16N2O. The number of nitrogens with zero attached hydrogens (tertiary/aromatic N) is 2. The Morgan fingerprint density at radius 2 is 2.07 bits per heavy atom. The van der Waals surface area contributed by atoms with Crippen molar-refractivity contribution in [3.8, 4) is 0 Å². The fraction of sp³-hybridized carbons (Fsp3) is 0.167. The van der Waals surface area contributed by atoms with Crippen molar-refractivity contribution in [2.75, 3.05) is 0 Å². The van der Waals surface area contributed by atoms with Crippen LogP contribution in [0.5, 0.6) is 0 Å². The zero-order valence-electron chi connectivity index (χ0n) is 9.18. The van der Waals surface area contributed by atoms with E-state index in [0.717, 1.165) is 0 Å². The maximum Gasteiger partial charge on any atom is 0.257 e. The van der Waals surface area contributed by atoms with Crippen LogP contribution in [0.25, 0.3) is 12.3 Å². The minimum absolute atomic E-state index is 0.136. The fourth-order valence-corrected chi connectivity index (χ4v) is 0.881. The first-order valence-corrected chi connectivity index (χ1v) is 4.79. The lowest BCUT2D eigenvalue weighted by atomic mass is 10.5. The molecule has 0 radical (unpaired) electrons. The quantitative estimate of drug-likeness (QED) is 0.709. The minimum atomic E-state index is -0.136. The van der Waals surface area contributed by atoms with E-state index in [4.69, 9.17) is 0 Å². The summed E-state index contributed by atoms with van der Waals surface area (Å²) in [6.07, 6.45) is 7.83. The molecule has 0 atom stereocenters. The van der Waals surface area contributed by atoms with Crippen LogP contribution in [0.4, 0.5) is 0 Å². The second-order valence-corrected chi connectivity index (χ2v) is 2.29. The molecule has 1 aromatic rings. The van der Waals surface area contributed by atoms with E-state index in [2.05, 4.69) is 18.1 Å². The SMILES string of the molecule is C=C/C=C\n1c(C=C)nccc1=O.CC. The Labute approximate surface area is 90.1 Å². The van der Waals surface area contributed by atoms with Crippen LogP contribution in [0.15, 0.2) is 42.4 Å².